The van der Waals surface area contributed by atoms with Crippen molar-refractivity contribution in [2.75, 3.05) is 13.7 Å². The van der Waals surface area contributed by atoms with Crippen molar-refractivity contribution in [1.82, 2.24) is 24.3 Å². The van der Waals surface area contributed by atoms with Crippen LogP contribution in [0.1, 0.15) is 33.9 Å². The zero-order valence-electron chi connectivity index (χ0n) is 25.2. The lowest BCUT2D eigenvalue weighted by Crippen LogP contribution is -2.10. The van der Waals surface area contributed by atoms with Crippen molar-refractivity contribution < 1.29 is 41.3 Å². The summed E-state index contributed by atoms with van der Waals surface area (Å²) in [5.41, 5.74) is 1.89. The van der Waals surface area contributed by atoms with Crippen LogP contribution in [0, 0.1) is 17.5 Å². The Hall–Kier alpha value is -5.63. The number of alkyl halides is 2. The predicted molar refractivity (Wildman–Crippen MR) is 164 cm³/mol. The molecule has 6 aromatic rings. The largest absolute Gasteiger partial charge is 0.478 e. The van der Waals surface area contributed by atoms with Crippen molar-refractivity contribution in [2.45, 2.75) is 26.1 Å². The van der Waals surface area contributed by atoms with E-state index >= 15 is 8.78 Å². The third-order valence-corrected chi connectivity index (χ3v) is 7.64. The van der Waals surface area contributed by atoms with Crippen molar-refractivity contribution >= 4 is 17.0 Å². The molecule has 0 atom stereocenters. The van der Waals surface area contributed by atoms with E-state index < -0.39 is 30.0 Å². The molecule has 0 aliphatic carbocycles. The van der Waals surface area contributed by atoms with Gasteiger partial charge < -0.3 is 19.1 Å². The maximum atomic E-state index is 15.5. The monoisotopic (exact) mass is 663 g/mol. The van der Waals surface area contributed by atoms with Crippen LogP contribution in [0.2, 0.25) is 0 Å². The molecule has 9 nitrogen and oxygen atoms in total. The number of methoxy groups -OCH3 is 1. The smallest absolute Gasteiger partial charge is 0.335 e. The molecule has 14 heteroatoms. The number of carboxylic acid groups (broad SMARTS) is 1. The number of carbonyl (C=O) groups is 1. The Morgan fingerprint density at radius 2 is 1.73 bits per heavy atom. The summed E-state index contributed by atoms with van der Waals surface area (Å²) in [4.78, 5) is 20.3. The van der Waals surface area contributed by atoms with Crippen molar-refractivity contribution in [3.05, 3.63) is 119 Å². The fourth-order valence-corrected chi connectivity index (χ4v) is 5.20. The maximum Gasteiger partial charge on any atom is 0.335 e. The number of hydrogen-bond acceptors (Lipinski definition) is 6. The molecular formula is C34H26F5N5O4. The lowest BCUT2D eigenvalue weighted by molar-refractivity contribution is 0.0566. The van der Waals surface area contributed by atoms with Crippen LogP contribution in [0.15, 0.2) is 79.1 Å². The fourth-order valence-electron chi connectivity index (χ4n) is 5.20. The van der Waals surface area contributed by atoms with E-state index in [9.17, 15) is 23.1 Å². The minimum Gasteiger partial charge on any atom is -0.478 e. The molecule has 0 saturated carbocycles. The van der Waals surface area contributed by atoms with Crippen LogP contribution in [-0.4, -0.2) is 49.1 Å². The molecule has 0 amide bonds. The molecule has 3 aromatic heterocycles. The lowest BCUT2D eigenvalue weighted by atomic mass is 10.0. The van der Waals surface area contributed by atoms with E-state index in [0.717, 1.165) is 18.3 Å². The average molecular weight is 664 g/mol. The molecule has 3 aromatic carbocycles. The summed E-state index contributed by atoms with van der Waals surface area (Å²) >= 11 is 0. The van der Waals surface area contributed by atoms with Gasteiger partial charge in [-0.1, -0.05) is 18.2 Å². The Labute approximate surface area is 269 Å². The van der Waals surface area contributed by atoms with Gasteiger partial charge in [-0.15, -0.1) is 0 Å². The van der Waals surface area contributed by atoms with Gasteiger partial charge in [-0.05, 0) is 53.6 Å². The summed E-state index contributed by atoms with van der Waals surface area (Å²) in [6.07, 6.45) is 2.23. The van der Waals surface area contributed by atoms with Crippen LogP contribution in [0.4, 0.5) is 22.0 Å². The molecule has 0 saturated heterocycles. The van der Waals surface area contributed by atoms with E-state index in [-0.39, 0.29) is 53.5 Å². The number of ether oxygens (including phenoxy) is 2. The van der Waals surface area contributed by atoms with Crippen LogP contribution in [0.3, 0.4) is 0 Å². The molecule has 1 N–H and O–H groups in total. The molecule has 48 heavy (non-hydrogen) atoms. The molecule has 0 bridgehead atoms. The van der Waals surface area contributed by atoms with Gasteiger partial charge in [-0.25, -0.2) is 32.6 Å². The number of nitrogens with zero attached hydrogens (tertiary/aromatic N) is 5. The van der Waals surface area contributed by atoms with E-state index in [1.807, 2.05) is 0 Å². The summed E-state index contributed by atoms with van der Waals surface area (Å²) < 4.78 is 84.4. The van der Waals surface area contributed by atoms with Gasteiger partial charge in [0.25, 0.3) is 0 Å². The number of imidazole rings is 1. The van der Waals surface area contributed by atoms with E-state index in [4.69, 9.17) is 9.47 Å². The van der Waals surface area contributed by atoms with Crippen molar-refractivity contribution in [3.63, 3.8) is 0 Å². The summed E-state index contributed by atoms with van der Waals surface area (Å²) in [7, 11) is 1.51. The number of aromatic nitrogens is 5. The third kappa shape index (κ3) is 6.74. The molecule has 0 unspecified atom stereocenters. The summed E-state index contributed by atoms with van der Waals surface area (Å²) in [5.74, 6) is -2.78. The highest BCUT2D eigenvalue weighted by atomic mass is 19.3. The van der Waals surface area contributed by atoms with Gasteiger partial charge >= 0.3 is 12.5 Å². The zero-order valence-corrected chi connectivity index (χ0v) is 25.2. The minimum atomic E-state index is -2.82. The Kier molecular flexibility index (Phi) is 9.17. The number of carboxylic acids is 1. The first-order chi connectivity index (χ1) is 23.1. The van der Waals surface area contributed by atoms with Gasteiger partial charge in [0.1, 0.15) is 29.9 Å². The molecule has 6 rings (SSSR count). The standard InChI is InChI=1S/C34H26F5N5O4/c1-47-10-9-43-30-13-20(33(45)46)7-8-29(30)41-31(43)14-22-12-27(37)24(15-26(22)36)28-3-2-4-32(42-28)48-18-21-6-5-19(11-25(21)35)23-16-40-44(17-23)34(38)39/h2-8,11-13,15-17,34H,9-10,14,18H2,1H3,(H,45,46). The van der Waals surface area contributed by atoms with E-state index in [2.05, 4.69) is 15.1 Å². The second kappa shape index (κ2) is 13.6. The quantitative estimate of drug-likeness (QED) is 0.137. The first-order valence-electron chi connectivity index (χ1n) is 14.5. The van der Waals surface area contributed by atoms with E-state index in [1.54, 1.807) is 10.6 Å². The van der Waals surface area contributed by atoms with Gasteiger partial charge in [0, 0.05) is 49.0 Å². The number of rotatable bonds is 12. The molecule has 246 valence electrons. The number of hydrogen-bond donors (Lipinski definition) is 1. The topological polar surface area (TPSA) is 104 Å². The average Bonchev–Trinajstić information content (AvgIpc) is 3.70. The first-order valence-corrected chi connectivity index (χ1v) is 14.5. The Morgan fingerprint density at radius 1 is 0.917 bits per heavy atom. The summed E-state index contributed by atoms with van der Waals surface area (Å²) in [6, 6.07) is 15.2. The molecule has 0 fully saturated rings. The number of aromatic carboxylic acids is 1. The maximum absolute atomic E-state index is 15.5. The van der Waals surface area contributed by atoms with Gasteiger partial charge in [0.05, 0.1) is 35.1 Å². The third-order valence-electron chi connectivity index (χ3n) is 7.64. The van der Waals surface area contributed by atoms with Gasteiger partial charge in [0.2, 0.25) is 5.88 Å². The van der Waals surface area contributed by atoms with Gasteiger partial charge in [0.15, 0.2) is 0 Å². The van der Waals surface area contributed by atoms with Crippen LogP contribution in [0.5, 0.6) is 5.88 Å². The molecule has 0 aliphatic heterocycles. The Balaban J connectivity index is 1.20. The number of pyridine rings is 1. The molecule has 0 radical (unpaired) electrons. The lowest BCUT2D eigenvalue weighted by Gasteiger charge is -2.12. The fraction of sp³-hybridized carbons (Fsp3) is 0.176. The molecule has 0 spiro atoms. The van der Waals surface area contributed by atoms with Crippen LogP contribution in [0.25, 0.3) is 33.4 Å². The molecular weight excluding hydrogens is 637 g/mol. The second-order valence-electron chi connectivity index (χ2n) is 10.7. The summed E-state index contributed by atoms with van der Waals surface area (Å²) in [5, 5.41) is 13.0. The van der Waals surface area contributed by atoms with Crippen molar-refractivity contribution in [1.29, 1.82) is 0 Å². The minimum absolute atomic E-state index is 0.0246. The van der Waals surface area contributed by atoms with Crippen molar-refractivity contribution in [3.8, 4) is 28.3 Å². The number of halogens is 5. The van der Waals surface area contributed by atoms with Gasteiger partial charge in [-0.3, -0.25) is 0 Å². The second-order valence-corrected chi connectivity index (χ2v) is 10.7. The predicted octanol–water partition coefficient (Wildman–Crippen LogP) is 7.29. The molecule has 3 heterocycles. The normalized spacial score (nSPS) is 11.5. The highest BCUT2D eigenvalue weighted by Gasteiger charge is 2.19. The first kappa shape index (κ1) is 32.3. The van der Waals surface area contributed by atoms with Gasteiger partial charge in [-0.2, -0.15) is 13.9 Å². The van der Waals surface area contributed by atoms with Crippen LogP contribution >= 0.6 is 0 Å². The number of fused-ring (bicyclic) bond motifs is 1. The van der Waals surface area contributed by atoms with Crippen LogP contribution < -0.4 is 4.74 Å². The van der Waals surface area contributed by atoms with E-state index in [1.165, 1.54) is 61.8 Å². The molecule has 0 aliphatic rings. The summed E-state index contributed by atoms with van der Waals surface area (Å²) in [6.45, 7) is -2.47. The number of benzene rings is 3. The SMILES string of the molecule is COCCn1c(Cc2cc(F)c(-c3cccc(OCc4ccc(-c5cnn(C(F)F)c5)cc4F)n3)cc2F)nc2ccc(C(=O)O)cc21. The highest BCUT2D eigenvalue weighted by molar-refractivity contribution is 5.92. The van der Waals surface area contributed by atoms with E-state index in [0.29, 0.717) is 39.2 Å². The Bertz CT molecular complexity index is 2130. The van der Waals surface area contributed by atoms with Crippen molar-refractivity contribution in [2.24, 2.45) is 0 Å². The highest BCUT2D eigenvalue weighted by Crippen LogP contribution is 2.29. The Morgan fingerprint density at radius 3 is 2.46 bits per heavy atom. The zero-order chi connectivity index (χ0) is 33.9. The van der Waals surface area contributed by atoms with Crippen LogP contribution in [-0.2, 0) is 24.3 Å².